The molecule has 2 N–H and O–H groups in total. The summed E-state index contributed by atoms with van der Waals surface area (Å²) in [6, 6.07) is 8.56. The molecule has 1 amide bonds. The van der Waals surface area contributed by atoms with Crippen LogP contribution in [0.3, 0.4) is 0 Å². The van der Waals surface area contributed by atoms with Crippen molar-refractivity contribution in [3.05, 3.63) is 24.3 Å². The third-order valence-corrected chi connectivity index (χ3v) is 4.70. The predicted molar refractivity (Wildman–Crippen MR) is 99.5 cm³/mol. The van der Waals surface area contributed by atoms with E-state index in [9.17, 15) is 9.90 Å². The third-order valence-electron chi connectivity index (χ3n) is 4.70. The molecule has 1 saturated heterocycles. The Hall–Kier alpha value is -1.59. The van der Waals surface area contributed by atoms with Gasteiger partial charge in [0.2, 0.25) is 5.91 Å². The number of nitrogens with zero attached hydrogens (tertiary/aromatic N) is 2. The summed E-state index contributed by atoms with van der Waals surface area (Å²) in [6.45, 7) is 12.4. The second-order valence-electron chi connectivity index (χ2n) is 7.23. The Kier molecular flexibility index (Phi) is 6.63. The first-order valence-electron chi connectivity index (χ1n) is 8.93. The average Bonchev–Trinajstić information content (AvgIpc) is 2.55. The van der Waals surface area contributed by atoms with E-state index in [0.29, 0.717) is 6.04 Å². The second kappa shape index (κ2) is 8.49. The minimum Gasteiger partial charge on any atom is -0.392 e. The minimum absolute atomic E-state index is 0.0827. The van der Waals surface area contributed by atoms with Gasteiger partial charge in [0.1, 0.15) is 0 Å². The number of amides is 1. The Balaban J connectivity index is 1.93. The van der Waals surface area contributed by atoms with E-state index >= 15 is 0 Å². The monoisotopic (exact) mass is 333 g/mol. The van der Waals surface area contributed by atoms with Crippen LogP contribution in [0.25, 0.3) is 0 Å². The van der Waals surface area contributed by atoms with Gasteiger partial charge in [0, 0.05) is 43.6 Å². The van der Waals surface area contributed by atoms with Gasteiger partial charge in [-0.2, -0.15) is 0 Å². The number of nitrogens with one attached hydrogen (secondary N) is 1. The summed E-state index contributed by atoms with van der Waals surface area (Å²) >= 11 is 0. The molecule has 0 bridgehead atoms. The predicted octanol–water partition coefficient (Wildman–Crippen LogP) is 2.56. The Labute approximate surface area is 145 Å². The number of aliphatic hydroxyl groups excluding tert-OH is 1. The lowest BCUT2D eigenvalue weighted by Gasteiger charge is -2.38. The van der Waals surface area contributed by atoms with Crippen molar-refractivity contribution in [2.45, 2.75) is 46.3 Å². The van der Waals surface area contributed by atoms with Gasteiger partial charge in [0.05, 0.1) is 12.5 Å². The first kappa shape index (κ1) is 18.7. The zero-order chi connectivity index (χ0) is 17.7. The van der Waals surface area contributed by atoms with Crippen molar-refractivity contribution < 1.29 is 9.90 Å². The average molecular weight is 333 g/mol. The fourth-order valence-corrected chi connectivity index (χ4v) is 2.91. The van der Waals surface area contributed by atoms with E-state index in [1.54, 1.807) is 0 Å². The van der Waals surface area contributed by atoms with Crippen LogP contribution >= 0.6 is 0 Å². The molecule has 1 aromatic rings. The number of piperazine rings is 1. The van der Waals surface area contributed by atoms with Crippen LogP contribution in [0.5, 0.6) is 0 Å². The van der Waals surface area contributed by atoms with Gasteiger partial charge in [-0.15, -0.1) is 0 Å². The number of carbonyl (C=O) groups excluding carboxylic acids is 1. The standard InChI is InChI=1S/C19H31N3O2/c1-14(2)18(23)13-19(24)20-16-6-5-7-17(12-16)22-10-8-21(9-11-22)15(3)4/h5-7,12,14-15,18,23H,8-11,13H2,1-4H3,(H,20,24). The van der Waals surface area contributed by atoms with Crippen molar-refractivity contribution in [2.24, 2.45) is 5.92 Å². The molecule has 1 aliphatic rings. The van der Waals surface area contributed by atoms with Crippen LogP contribution in [-0.4, -0.2) is 54.2 Å². The Morgan fingerprint density at radius 2 is 1.83 bits per heavy atom. The van der Waals surface area contributed by atoms with E-state index in [4.69, 9.17) is 0 Å². The van der Waals surface area contributed by atoms with Crippen LogP contribution in [0.2, 0.25) is 0 Å². The summed E-state index contributed by atoms with van der Waals surface area (Å²) in [5.41, 5.74) is 1.93. The van der Waals surface area contributed by atoms with Crippen LogP contribution in [0.1, 0.15) is 34.1 Å². The lowest BCUT2D eigenvalue weighted by Crippen LogP contribution is -2.48. The highest BCUT2D eigenvalue weighted by molar-refractivity contribution is 5.91. The number of benzene rings is 1. The molecule has 0 saturated carbocycles. The topological polar surface area (TPSA) is 55.8 Å². The van der Waals surface area contributed by atoms with Crippen molar-refractivity contribution >= 4 is 17.3 Å². The third kappa shape index (κ3) is 5.21. The van der Waals surface area contributed by atoms with Gasteiger partial charge in [-0.25, -0.2) is 0 Å². The molecule has 1 unspecified atom stereocenters. The van der Waals surface area contributed by atoms with Crippen molar-refractivity contribution in [3.8, 4) is 0 Å². The van der Waals surface area contributed by atoms with E-state index < -0.39 is 6.10 Å². The molecule has 1 heterocycles. The normalized spacial score (nSPS) is 17.4. The summed E-state index contributed by atoms with van der Waals surface area (Å²) in [4.78, 5) is 16.9. The number of hydrogen-bond acceptors (Lipinski definition) is 4. The zero-order valence-corrected chi connectivity index (χ0v) is 15.3. The molecule has 1 fully saturated rings. The van der Waals surface area contributed by atoms with Crippen LogP contribution in [0.15, 0.2) is 24.3 Å². The smallest absolute Gasteiger partial charge is 0.226 e. The SMILES string of the molecule is CC(C)C(O)CC(=O)Nc1cccc(N2CCN(C(C)C)CC2)c1. The second-order valence-corrected chi connectivity index (χ2v) is 7.23. The quantitative estimate of drug-likeness (QED) is 0.840. The molecule has 134 valence electrons. The van der Waals surface area contributed by atoms with Gasteiger partial charge in [-0.3, -0.25) is 9.69 Å². The van der Waals surface area contributed by atoms with E-state index in [1.807, 2.05) is 32.0 Å². The van der Waals surface area contributed by atoms with Crippen LogP contribution < -0.4 is 10.2 Å². The number of hydrogen-bond donors (Lipinski definition) is 2. The fraction of sp³-hybridized carbons (Fsp3) is 0.632. The molecule has 1 aromatic carbocycles. The van der Waals surface area contributed by atoms with E-state index in [-0.39, 0.29) is 18.2 Å². The van der Waals surface area contributed by atoms with Crippen molar-refractivity contribution in [3.63, 3.8) is 0 Å². The molecule has 5 nitrogen and oxygen atoms in total. The highest BCUT2D eigenvalue weighted by atomic mass is 16.3. The summed E-state index contributed by atoms with van der Waals surface area (Å²) in [5.74, 6) is -0.0580. The van der Waals surface area contributed by atoms with E-state index in [0.717, 1.165) is 37.6 Å². The van der Waals surface area contributed by atoms with Crippen molar-refractivity contribution in [2.75, 3.05) is 36.4 Å². The fourth-order valence-electron chi connectivity index (χ4n) is 2.91. The highest BCUT2D eigenvalue weighted by Crippen LogP contribution is 2.22. The molecule has 0 radical (unpaired) electrons. The molecule has 1 aliphatic heterocycles. The molecular formula is C19H31N3O2. The van der Waals surface area contributed by atoms with Gasteiger partial charge >= 0.3 is 0 Å². The summed E-state index contributed by atoms with van der Waals surface area (Å²) in [7, 11) is 0. The van der Waals surface area contributed by atoms with Gasteiger partial charge in [-0.1, -0.05) is 19.9 Å². The van der Waals surface area contributed by atoms with E-state index in [1.165, 1.54) is 0 Å². The lowest BCUT2D eigenvalue weighted by molar-refractivity contribution is -0.118. The Bertz CT molecular complexity index is 537. The van der Waals surface area contributed by atoms with Crippen molar-refractivity contribution in [1.82, 2.24) is 4.90 Å². The van der Waals surface area contributed by atoms with Crippen LogP contribution in [0, 0.1) is 5.92 Å². The van der Waals surface area contributed by atoms with Gasteiger partial charge in [0.25, 0.3) is 0 Å². The summed E-state index contributed by atoms with van der Waals surface area (Å²) < 4.78 is 0. The van der Waals surface area contributed by atoms with Crippen LogP contribution in [-0.2, 0) is 4.79 Å². The Morgan fingerprint density at radius 3 is 2.42 bits per heavy atom. The number of anilines is 2. The number of carbonyl (C=O) groups is 1. The molecule has 1 atom stereocenters. The number of aliphatic hydroxyl groups is 1. The minimum atomic E-state index is -0.600. The Morgan fingerprint density at radius 1 is 1.17 bits per heavy atom. The summed E-state index contributed by atoms with van der Waals surface area (Å²) in [6.07, 6.45) is -0.466. The van der Waals surface area contributed by atoms with Gasteiger partial charge in [-0.05, 0) is 38.0 Å². The van der Waals surface area contributed by atoms with E-state index in [2.05, 4.69) is 35.0 Å². The first-order valence-corrected chi connectivity index (χ1v) is 8.93. The molecule has 5 heteroatoms. The number of rotatable bonds is 6. The van der Waals surface area contributed by atoms with Gasteiger partial charge in [0.15, 0.2) is 0 Å². The maximum absolute atomic E-state index is 12.0. The molecule has 24 heavy (non-hydrogen) atoms. The van der Waals surface area contributed by atoms with Crippen molar-refractivity contribution in [1.29, 1.82) is 0 Å². The molecule has 2 rings (SSSR count). The first-order chi connectivity index (χ1) is 11.4. The largest absolute Gasteiger partial charge is 0.392 e. The lowest BCUT2D eigenvalue weighted by atomic mass is 10.0. The molecular weight excluding hydrogens is 302 g/mol. The molecule has 0 aromatic heterocycles. The molecule has 0 aliphatic carbocycles. The highest BCUT2D eigenvalue weighted by Gasteiger charge is 2.19. The van der Waals surface area contributed by atoms with Gasteiger partial charge < -0.3 is 15.3 Å². The summed E-state index contributed by atoms with van der Waals surface area (Å²) in [5, 5.41) is 12.7. The zero-order valence-electron chi connectivity index (χ0n) is 15.3. The molecule has 0 spiro atoms. The maximum atomic E-state index is 12.0. The van der Waals surface area contributed by atoms with Crippen LogP contribution in [0.4, 0.5) is 11.4 Å². The maximum Gasteiger partial charge on any atom is 0.226 e.